The second kappa shape index (κ2) is 7.92. The maximum atomic E-state index is 13.8. The number of thioether (sulfide) groups is 1. The molecule has 1 aromatic carbocycles. The van der Waals surface area contributed by atoms with Crippen LogP contribution in [0.2, 0.25) is 0 Å². The van der Waals surface area contributed by atoms with Gasteiger partial charge in [-0.15, -0.1) is 16.8 Å². The zero-order valence-corrected chi connectivity index (χ0v) is 14.4. The molecule has 0 aliphatic heterocycles. The van der Waals surface area contributed by atoms with Crippen LogP contribution in [0.5, 0.6) is 0 Å². The van der Waals surface area contributed by atoms with Crippen LogP contribution in [0, 0.1) is 11.6 Å². The molecule has 3 nitrogen and oxygen atoms in total. The average molecular weight is 349 g/mol. The minimum absolute atomic E-state index is 0.395. The molecule has 1 fully saturated rings. The van der Waals surface area contributed by atoms with Crippen molar-refractivity contribution in [2.75, 3.05) is 0 Å². The van der Waals surface area contributed by atoms with Crippen molar-refractivity contribution in [3.05, 3.63) is 53.9 Å². The zero-order chi connectivity index (χ0) is 16.9. The van der Waals surface area contributed by atoms with Crippen LogP contribution in [0.4, 0.5) is 8.78 Å². The molecule has 1 saturated carbocycles. The monoisotopic (exact) mass is 349 g/mol. The highest BCUT2D eigenvalue weighted by Crippen LogP contribution is 2.34. The van der Waals surface area contributed by atoms with Crippen LogP contribution in [-0.2, 0) is 12.3 Å². The lowest BCUT2D eigenvalue weighted by Gasteiger charge is -2.21. The molecule has 0 N–H and O–H groups in total. The van der Waals surface area contributed by atoms with Crippen LogP contribution in [0.15, 0.2) is 36.0 Å². The predicted octanol–water partition coefficient (Wildman–Crippen LogP) is 5.08. The van der Waals surface area contributed by atoms with E-state index in [2.05, 4.69) is 21.3 Å². The fourth-order valence-electron chi connectivity index (χ4n) is 3.15. The first-order valence-electron chi connectivity index (χ1n) is 8.29. The minimum Gasteiger partial charge on any atom is -0.302 e. The van der Waals surface area contributed by atoms with E-state index in [1.54, 1.807) is 0 Å². The van der Waals surface area contributed by atoms with E-state index in [0.717, 1.165) is 29.9 Å². The third kappa shape index (κ3) is 3.86. The predicted molar refractivity (Wildman–Crippen MR) is 92.0 cm³/mol. The molecule has 3 rings (SSSR count). The number of nitrogens with zero attached hydrogens (tertiary/aromatic N) is 3. The normalized spacial score (nSPS) is 15.6. The molecule has 0 atom stereocenters. The molecule has 0 unspecified atom stereocenters. The molecule has 1 aliphatic carbocycles. The van der Waals surface area contributed by atoms with Gasteiger partial charge in [-0.05, 0) is 24.5 Å². The lowest BCUT2D eigenvalue weighted by molar-refractivity contribution is 0.415. The Bertz CT molecular complexity index is 708. The number of benzene rings is 1. The van der Waals surface area contributed by atoms with Gasteiger partial charge in [-0.3, -0.25) is 0 Å². The van der Waals surface area contributed by atoms with Gasteiger partial charge in [0.05, 0.1) is 0 Å². The summed E-state index contributed by atoms with van der Waals surface area (Å²) < 4.78 is 28.9. The summed E-state index contributed by atoms with van der Waals surface area (Å²) in [7, 11) is 0. The molecule has 24 heavy (non-hydrogen) atoms. The molecule has 0 radical (unpaired) electrons. The van der Waals surface area contributed by atoms with Crippen molar-refractivity contribution in [2.45, 2.75) is 55.5 Å². The van der Waals surface area contributed by atoms with Crippen LogP contribution < -0.4 is 0 Å². The van der Waals surface area contributed by atoms with Gasteiger partial charge >= 0.3 is 0 Å². The van der Waals surface area contributed by atoms with Crippen molar-refractivity contribution in [3.8, 4) is 0 Å². The molecule has 0 spiro atoms. The van der Waals surface area contributed by atoms with Crippen LogP contribution >= 0.6 is 11.8 Å². The zero-order valence-electron chi connectivity index (χ0n) is 13.5. The van der Waals surface area contributed by atoms with Crippen molar-refractivity contribution in [3.63, 3.8) is 0 Å². The maximum Gasteiger partial charge on any atom is 0.191 e. The van der Waals surface area contributed by atoms with E-state index in [1.807, 2.05) is 6.08 Å². The van der Waals surface area contributed by atoms with Gasteiger partial charge in [0.25, 0.3) is 0 Å². The number of hydrogen-bond donors (Lipinski definition) is 0. The Hall–Kier alpha value is -1.69. The molecule has 0 bridgehead atoms. The second-order valence-corrected chi connectivity index (χ2v) is 7.04. The quantitative estimate of drug-likeness (QED) is 0.538. The highest BCUT2D eigenvalue weighted by molar-refractivity contribution is 7.98. The number of rotatable bonds is 6. The fourth-order valence-corrected chi connectivity index (χ4v) is 4.09. The Morgan fingerprint density at radius 1 is 1.21 bits per heavy atom. The summed E-state index contributed by atoms with van der Waals surface area (Å²) in [6.45, 7) is 4.46. The summed E-state index contributed by atoms with van der Waals surface area (Å²) in [5, 5.41) is 9.46. The Kier molecular flexibility index (Phi) is 5.66. The highest BCUT2D eigenvalue weighted by atomic mass is 32.2. The maximum absolute atomic E-state index is 13.8. The lowest BCUT2D eigenvalue weighted by atomic mass is 9.89. The average Bonchev–Trinajstić information content (AvgIpc) is 2.98. The van der Waals surface area contributed by atoms with Gasteiger partial charge in [-0.25, -0.2) is 8.78 Å². The second-order valence-electron chi connectivity index (χ2n) is 6.10. The van der Waals surface area contributed by atoms with E-state index in [0.29, 0.717) is 23.8 Å². The van der Waals surface area contributed by atoms with Gasteiger partial charge in [-0.2, -0.15) is 0 Å². The number of aromatic nitrogens is 3. The number of hydrogen-bond acceptors (Lipinski definition) is 3. The summed E-state index contributed by atoms with van der Waals surface area (Å²) in [6, 6.07) is 3.67. The molecule has 128 valence electrons. The van der Waals surface area contributed by atoms with E-state index in [1.165, 1.54) is 43.2 Å². The van der Waals surface area contributed by atoms with E-state index >= 15 is 0 Å². The van der Waals surface area contributed by atoms with Crippen LogP contribution in [0.1, 0.15) is 49.4 Å². The van der Waals surface area contributed by atoms with Crippen LogP contribution in [-0.4, -0.2) is 14.8 Å². The molecule has 0 amide bonds. The first-order chi connectivity index (χ1) is 11.7. The highest BCUT2D eigenvalue weighted by Gasteiger charge is 2.23. The topological polar surface area (TPSA) is 30.7 Å². The Labute approximate surface area is 145 Å². The summed E-state index contributed by atoms with van der Waals surface area (Å²) in [4.78, 5) is 0. The minimum atomic E-state index is -0.560. The molecule has 1 aromatic heterocycles. The molecule has 1 aliphatic rings. The lowest BCUT2D eigenvalue weighted by Crippen LogP contribution is -2.12. The standard InChI is InChI=1S/C18H21F2N3S/c1-2-10-23-17(13-6-4-3-5-7-13)21-22-18(23)24-12-14-8-9-15(19)11-16(14)20/h2,8-9,11,13H,1,3-7,10,12H2. The third-order valence-electron chi connectivity index (χ3n) is 4.40. The van der Waals surface area contributed by atoms with Gasteiger partial charge in [0.15, 0.2) is 5.16 Å². The van der Waals surface area contributed by atoms with Crippen molar-refractivity contribution in [1.29, 1.82) is 0 Å². The Balaban J connectivity index is 1.77. The van der Waals surface area contributed by atoms with Crippen molar-refractivity contribution < 1.29 is 8.78 Å². The van der Waals surface area contributed by atoms with Crippen LogP contribution in [0.25, 0.3) is 0 Å². The summed E-state index contributed by atoms with van der Waals surface area (Å²) >= 11 is 1.42. The summed E-state index contributed by atoms with van der Waals surface area (Å²) in [5.74, 6) is 0.770. The molecule has 1 heterocycles. The molecule has 2 aromatic rings. The molecule has 0 saturated heterocycles. The SMILES string of the molecule is C=CCn1c(SCc2ccc(F)cc2F)nnc1C1CCCCC1. The van der Waals surface area contributed by atoms with E-state index < -0.39 is 11.6 Å². The number of allylic oxidation sites excluding steroid dienone is 1. The molecular weight excluding hydrogens is 328 g/mol. The van der Waals surface area contributed by atoms with Gasteiger partial charge in [0, 0.05) is 24.3 Å². The van der Waals surface area contributed by atoms with Gasteiger partial charge < -0.3 is 4.57 Å². The smallest absolute Gasteiger partial charge is 0.191 e. The van der Waals surface area contributed by atoms with Gasteiger partial charge in [0.1, 0.15) is 17.5 Å². The first kappa shape index (κ1) is 17.1. The number of halogens is 2. The van der Waals surface area contributed by atoms with Crippen molar-refractivity contribution in [2.24, 2.45) is 0 Å². The first-order valence-corrected chi connectivity index (χ1v) is 9.28. The Morgan fingerprint density at radius 3 is 2.71 bits per heavy atom. The largest absolute Gasteiger partial charge is 0.302 e. The Morgan fingerprint density at radius 2 is 2.00 bits per heavy atom. The summed E-state index contributed by atoms with van der Waals surface area (Å²) in [6.07, 6.45) is 7.87. The van der Waals surface area contributed by atoms with E-state index in [4.69, 9.17) is 0 Å². The third-order valence-corrected chi connectivity index (χ3v) is 5.41. The molecule has 6 heteroatoms. The van der Waals surface area contributed by atoms with Crippen molar-refractivity contribution >= 4 is 11.8 Å². The van der Waals surface area contributed by atoms with Crippen LogP contribution in [0.3, 0.4) is 0 Å². The fraction of sp³-hybridized carbons (Fsp3) is 0.444. The van der Waals surface area contributed by atoms with E-state index in [9.17, 15) is 8.78 Å². The van der Waals surface area contributed by atoms with Gasteiger partial charge in [-0.1, -0.05) is 43.2 Å². The van der Waals surface area contributed by atoms with E-state index in [-0.39, 0.29) is 0 Å². The summed E-state index contributed by atoms with van der Waals surface area (Å²) in [5.41, 5.74) is 0.466. The van der Waals surface area contributed by atoms with Crippen molar-refractivity contribution in [1.82, 2.24) is 14.8 Å². The van der Waals surface area contributed by atoms with Gasteiger partial charge in [0.2, 0.25) is 0 Å². The molecular formula is C18H21F2N3S.